The van der Waals surface area contributed by atoms with Crippen molar-refractivity contribution < 1.29 is 9.90 Å². The molecule has 1 aliphatic heterocycles. The summed E-state index contributed by atoms with van der Waals surface area (Å²) in [6, 6.07) is 28.6. The Balaban J connectivity index is 1.39. The molecular weight excluding hydrogens is 587 g/mol. The predicted molar refractivity (Wildman–Crippen MR) is 192 cm³/mol. The fourth-order valence-corrected chi connectivity index (χ4v) is 7.79. The first-order valence-corrected chi connectivity index (χ1v) is 17.4. The monoisotopic (exact) mass is 627 g/mol. The third kappa shape index (κ3) is 6.43. The van der Waals surface area contributed by atoms with Gasteiger partial charge in [0.2, 0.25) is 0 Å². The Morgan fingerprint density at radius 2 is 1.48 bits per heavy atom. The van der Waals surface area contributed by atoms with Gasteiger partial charge in [-0.2, -0.15) is 5.26 Å². The molecule has 0 saturated heterocycles. The molecule has 0 amide bonds. The SMILES string of the molecule is CCCCCCN1c2ccc(-c3ccc4c(c3)c3ccccc3n4CCCCCC)cc2Sc2cc(/C=C/C(=O)O)c(C#N)cc21. The highest BCUT2D eigenvalue weighted by Crippen LogP contribution is 2.50. The zero-order valence-corrected chi connectivity index (χ0v) is 27.6. The number of carboxylic acids is 1. The minimum absolute atomic E-state index is 0.480. The standard InChI is InChI=1S/C40H41N3O2S/c1-3-5-7-11-21-42-34-14-10-9-13-32(34)33-23-28(15-18-35(33)42)29-16-19-36-38(25-29)46-39-26-30(17-20-40(44)45)31(27-41)24-37(39)43(36)22-12-8-6-4-2/h9-10,13-20,23-26H,3-8,11-12,21-22H2,1-2H3,(H,44,45)/b20-17+. The van der Waals surface area contributed by atoms with E-state index in [2.05, 4.69) is 90.0 Å². The highest BCUT2D eigenvalue weighted by molar-refractivity contribution is 7.99. The summed E-state index contributed by atoms with van der Waals surface area (Å²) >= 11 is 1.69. The van der Waals surface area contributed by atoms with Crippen molar-refractivity contribution in [3.05, 3.63) is 90.0 Å². The first-order valence-electron chi connectivity index (χ1n) is 16.6. The number of nitrogens with zero attached hydrogens (tertiary/aromatic N) is 3. The molecule has 0 aliphatic carbocycles. The van der Waals surface area contributed by atoms with Crippen molar-refractivity contribution in [1.82, 2.24) is 4.57 Å². The summed E-state index contributed by atoms with van der Waals surface area (Å²) < 4.78 is 2.49. The van der Waals surface area contributed by atoms with Crippen LogP contribution in [0.3, 0.4) is 0 Å². The zero-order chi connectivity index (χ0) is 32.0. The largest absolute Gasteiger partial charge is 0.478 e. The molecule has 234 valence electrons. The molecule has 0 bridgehead atoms. The molecule has 6 rings (SSSR count). The third-order valence-electron chi connectivity index (χ3n) is 8.99. The van der Waals surface area contributed by atoms with Crippen LogP contribution in [0.1, 0.15) is 76.3 Å². The highest BCUT2D eigenvalue weighted by Gasteiger charge is 2.25. The second kappa shape index (κ2) is 14.3. The van der Waals surface area contributed by atoms with Crippen LogP contribution in [-0.4, -0.2) is 22.2 Å². The first kappa shape index (κ1) is 31.5. The maximum Gasteiger partial charge on any atom is 0.328 e. The maximum absolute atomic E-state index is 11.3. The number of para-hydroxylation sites is 1. The van der Waals surface area contributed by atoms with Crippen molar-refractivity contribution in [3.63, 3.8) is 0 Å². The van der Waals surface area contributed by atoms with E-state index in [1.54, 1.807) is 11.8 Å². The Morgan fingerprint density at radius 1 is 0.783 bits per heavy atom. The van der Waals surface area contributed by atoms with Crippen molar-refractivity contribution in [3.8, 4) is 17.2 Å². The molecule has 4 aromatic carbocycles. The topological polar surface area (TPSA) is 69.3 Å². The number of aromatic nitrogens is 1. The lowest BCUT2D eigenvalue weighted by atomic mass is 10.0. The number of rotatable bonds is 13. The number of benzene rings is 4. The van der Waals surface area contributed by atoms with Gasteiger partial charge in [-0.15, -0.1) is 0 Å². The van der Waals surface area contributed by atoms with Crippen LogP contribution in [0.4, 0.5) is 11.4 Å². The smallest absolute Gasteiger partial charge is 0.328 e. The molecule has 1 aliphatic rings. The molecule has 2 heterocycles. The highest BCUT2D eigenvalue weighted by atomic mass is 32.2. The molecule has 6 heteroatoms. The van der Waals surface area contributed by atoms with Crippen molar-refractivity contribution >= 4 is 57.0 Å². The minimum atomic E-state index is -1.03. The predicted octanol–water partition coefficient (Wildman–Crippen LogP) is 11.2. The number of carbonyl (C=O) groups is 1. The summed E-state index contributed by atoms with van der Waals surface area (Å²) in [5.74, 6) is -1.03. The van der Waals surface area contributed by atoms with Crippen LogP contribution < -0.4 is 4.90 Å². The van der Waals surface area contributed by atoms with E-state index in [-0.39, 0.29) is 0 Å². The Hall–Kier alpha value is -4.47. The number of nitriles is 1. The van der Waals surface area contributed by atoms with E-state index < -0.39 is 5.97 Å². The molecule has 0 spiro atoms. The van der Waals surface area contributed by atoms with Gasteiger partial charge in [0, 0.05) is 50.8 Å². The van der Waals surface area contributed by atoms with Gasteiger partial charge in [-0.3, -0.25) is 0 Å². The molecular formula is C40H41N3O2S. The fraction of sp³-hybridized carbons (Fsp3) is 0.300. The summed E-state index contributed by atoms with van der Waals surface area (Å²) in [7, 11) is 0. The van der Waals surface area contributed by atoms with Crippen LogP contribution in [0.5, 0.6) is 0 Å². The van der Waals surface area contributed by atoms with Crippen LogP contribution in [-0.2, 0) is 11.3 Å². The van der Waals surface area contributed by atoms with E-state index in [1.807, 2.05) is 12.1 Å². The lowest BCUT2D eigenvalue weighted by molar-refractivity contribution is -0.131. The second-order valence-electron chi connectivity index (χ2n) is 12.1. The Labute approximate surface area is 276 Å². The Kier molecular flexibility index (Phi) is 9.80. The number of aliphatic carboxylic acids is 1. The normalized spacial score (nSPS) is 12.5. The number of carboxylic acid groups (broad SMARTS) is 1. The van der Waals surface area contributed by atoms with Crippen molar-refractivity contribution in [2.45, 2.75) is 81.5 Å². The maximum atomic E-state index is 11.3. The number of aryl methyl sites for hydroxylation is 1. The molecule has 5 nitrogen and oxygen atoms in total. The Morgan fingerprint density at radius 3 is 2.24 bits per heavy atom. The lowest BCUT2D eigenvalue weighted by Crippen LogP contribution is -2.22. The summed E-state index contributed by atoms with van der Waals surface area (Å²) in [6.07, 6.45) is 12.2. The number of hydrogen-bond donors (Lipinski definition) is 1. The minimum Gasteiger partial charge on any atom is -0.478 e. The van der Waals surface area contributed by atoms with Gasteiger partial charge < -0.3 is 14.6 Å². The summed E-state index contributed by atoms with van der Waals surface area (Å²) in [4.78, 5) is 15.8. The number of hydrogen-bond acceptors (Lipinski definition) is 4. The molecule has 0 atom stereocenters. The third-order valence-corrected chi connectivity index (χ3v) is 10.1. The van der Waals surface area contributed by atoms with Crippen molar-refractivity contribution in [2.24, 2.45) is 0 Å². The molecule has 46 heavy (non-hydrogen) atoms. The quantitative estimate of drug-likeness (QED) is 0.104. The second-order valence-corrected chi connectivity index (χ2v) is 13.2. The summed E-state index contributed by atoms with van der Waals surface area (Å²) in [5, 5.41) is 21.7. The summed E-state index contributed by atoms with van der Waals surface area (Å²) in [5.41, 5.74) is 8.21. The number of fused-ring (bicyclic) bond motifs is 5. The van der Waals surface area contributed by atoms with Gasteiger partial charge in [-0.05, 0) is 78.1 Å². The van der Waals surface area contributed by atoms with Crippen LogP contribution >= 0.6 is 11.8 Å². The van der Waals surface area contributed by atoms with Gasteiger partial charge in [0.05, 0.1) is 23.0 Å². The molecule has 0 radical (unpaired) electrons. The molecule has 0 fully saturated rings. The van der Waals surface area contributed by atoms with E-state index in [1.165, 1.54) is 77.5 Å². The average Bonchev–Trinajstić information content (AvgIpc) is 3.39. The number of anilines is 2. The van der Waals surface area contributed by atoms with E-state index >= 15 is 0 Å². The fourth-order valence-electron chi connectivity index (χ4n) is 6.63. The van der Waals surface area contributed by atoms with Gasteiger partial charge >= 0.3 is 5.97 Å². The van der Waals surface area contributed by atoms with Crippen molar-refractivity contribution in [2.75, 3.05) is 11.4 Å². The van der Waals surface area contributed by atoms with Gasteiger partial charge in [-0.1, -0.05) is 94.5 Å². The molecule has 1 aromatic heterocycles. The van der Waals surface area contributed by atoms with Crippen LogP contribution in [0.15, 0.2) is 88.7 Å². The van der Waals surface area contributed by atoms with Crippen LogP contribution in [0.25, 0.3) is 39.0 Å². The first-order chi connectivity index (χ1) is 22.5. The summed E-state index contributed by atoms with van der Waals surface area (Å²) in [6.45, 7) is 6.37. The molecule has 0 unspecified atom stereocenters. The number of unbranched alkanes of at least 4 members (excludes halogenated alkanes) is 6. The van der Waals surface area contributed by atoms with Gasteiger partial charge in [0.15, 0.2) is 0 Å². The zero-order valence-electron chi connectivity index (χ0n) is 26.8. The van der Waals surface area contributed by atoms with E-state index in [9.17, 15) is 15.2 Å². The van der Waals surface area contributed by atoms with Gasteiger partial charge in [0.1, 0.15) is 0 Å². The van der Waals surface area contributed by atoms with E-state index in [0.29, 0.717) is 11.1 Å². The van der Waals surface area contributed by atoms with Gasteiger partial charge in [-0.25, -0.2) is 4.79 Å². The van der Waals surface area contributed by atoms with Crippen LogP contribution in [0.2, 0.25) is 0 Å². The average molecular weight is 628 g/mol. The molecule has 0 saturated carbocycles. The van der Waals surface area contributed by atoms with E-state index in [4.69, 9.17) is 0 Å². The van der Waals surface area contributed by atoms with Crippen molar-refractivity contribution in [1.29, 1.82) is 5.26 Å². The van der Waals surface area contributed by atoms with E-state index in [0.717, 1.165) is 53.2 Å². The van der Waals surface area contributed by atoms with Gasteiger partial charge in [0.25, 0.3) is 0 Å². The molecule has 5 aromatic rings. The lowest BCUT2D eigenvalue weighted by Gasteiger charge is -2.33. The van der Waals surface area contributed by atoms with Crippen LogP contribution in [0, 0.1) is 11.3 Å². The Bertz CT molecular complexity index is 1970. The molecule has 1 N–H and O–H groups in total.